The highest BCUT2D eigenvalue weighted by Crippen LogP contribution is 2.29. The van der Waals surface area contributed by atoms with Gasteiger partial charge in [0.15, 0.2) is 11.6 Å². The Balaban J connectivity index is 0.00000102. The molecular formula is C20H23FN6. The quantitative estimate of drug-likeness (QED) is 0.652. The molecule has 0 fully saturated rings. The minimum Gasteiger partial charge on any atom is -0.349 e. The summed E-state index contributed by atoms with van der Waals surface area (Å²) < 4.78 is 15.4. The Labute approximate surface area is 158 Å². The van der Waals surface area contributed by atoms with Gasteiger partial charge < -0.3 is 9.47 Å². The third-order valence-electron chi connectivity index (χ3n) is 4.11. The van der Waals surface area contributed by atoms with E-state index in [1.807, 2.05) is 36.7 Å². The Morgan fingerprint density at radius 2 is 1.93 bits per heavy atom. The maximum atomic E-state index is 13.4. The molecule has 27 heavy (non-hydrogen) atoms. The largest absolute Gasteiger partial charge is 0.349 e. The number of hydrogen-bond acceptors (Lipinski definition) is 5. The summed E-state index contributed by atoms with van der Waals surface area (Å²) in [7, 11) is 0. The Hall–Kier alpha value is -3.09. The maximum absolute atomic E-state index is 13.4. The van der Waals surface area contributed by atoms with Crippen molar-refractivity contribution in [2.45, 2.75) is 27.3 Å². The fraction of sp³-hybridized carbons (Fsp3) is 0.300. The van der Waals surface area contributed by atoms with E-state index in [9.17, 15) is 4.39 Å². The van der Waals surface area contributed by atoms with Crippen LogP contribution in [-0.4, -0.2) is 38.3 Å². The number of anilines is 1. The molecular weight excluding hydrogens is 343 g/mol. The Kier molecular flexibility index (Phi) is 5.90. The maximum Gasteiger partial charge on any atom is 0.213 e. The standard InChI is InChI=1S/C18H17FN6.C2H6/c1-2-24-11-13(22-14-6-4-8-20-17(14)24)12-25-10-9-21-18(25)15-5-3-7-16(19)23-15;1-2/h3-10H,2,11-12H2,1H3;1-2H3. The monoisotopic (exact) mass is 366 g/mol. The van der Waals surface area contributed by atoms with Gasteiger partial charge in [-0.15, -0.1) is 0 Å². The lowest BCUT2D eigenvalue weighted by Crippen LogP contribution is -2.34. The fourth-order valence-corrected chi connectivity index (χ4v) is 2.97. The van der Waals surface area contributed by atoms with Crippen molar-refractivity contribution in [3.05, 3.63) is 54.9 Å². The van der Waals surface area contributed by atoms with Crippen LogP contribution in [0.3, 0.4) is 0 Å². The highest BCUT2D eigenvalue weighted by atomic mass is 19.1. The molecule has 4 rings (SSSR count). The zero-order valence-corrected chi connectivity index (χ0v) is 15.8. The van der Waals surface area contributed by atoms with E-state index in [-0.39, 0.29) is 0 Å². The smallest absolute Gasteiger partial charge is 0.213 e. The molecule has 140 valence electrons. The van der Waals surface area contributed by atoms with Gasteiger partial charge in [-0.3, -0.25) is 4.99 Å². The summed E-state index contributed by atoms with van der Waals surface area (Å²) in [4.78, 5) is 19.6. The molecule has 1 aliphatic heterocycles. The van der Waals surface area contributed by atoms with Crippen molar-refractivity contribution in [3.8, 4) is 11.5 Å². The van der Waals surface area contributed by atoms with Crippen LogP contribution in [0, 0.1) is 5.95 Å². The summed E-state index contributed by atoms with van der Waals surface area (Å²) >= 11 is 0. The summed E-state index contributed by atoms with van der Waals surface area (Å²) in [5, 5.41) is 0. The highest BCUT2D eigenvalue weighted by Gasteiger charge is 2.20. The van der Waals surface area contributed by atoms with E-state index in [2.05, 4.69) is 26.8 Å². The van der Waals surface area contributed by atoms with Gasteiger partial charge in [0.05, 0.1) is 18.8 Å². The molecule has 3 aromatic rings. The molecule has 0 amide bonds. The summed E-state index contributed by atoms with van der Waals surface area (Å²) in [6.45, 7) is 8.22. The first kappa shape index (κ1) is 18.7. The molecule has 1 aliphatic rings. The second kappa shape index (κ2) is 8.53. The second-order valence-electron chi connectivity index (χ2n) is 5.76. The topological polar surface area (TPSA) is 59.2 Å². The van der Waals surface area contributed by atoms with E-state index >= 15 is 0 Å². The molecule has 3 aromatic heterocycles. The molecule has 0 aliphatic carbocycles. The molecule has 0 N–H and O–H groups in total. The normalized spacial score (nSPS) is 12.7. The number of imidazole rings is 1. The lowest BCUT2D eigenvalue weighted by Gasteiger charge is -2.28. The lowest BCUT2D eigenvalue weighted by molar-refractivity contribution is 0.584. The van der Waals surface area contributed by atoms with E-state index in [0.717, 1.165) is 23.8 Å². The minimum absolute atomic E-state index is 0.510. The van der Waals surface area contributed by atoms with Crippen LogP contribution in [0.1, 0.15) is 20.8 Å². The van der Waals surface area contributed by atoms with Gasteiger partial charge in [-0.2, -0.15) is 4.39 Å². The number of pyridine rings is 2. The van der Waals surface area contributed by atoms with Crippen molar-refractivity contribution >= 4 is 17.2 Å². The van der Waals surface area contributed by atoms with Crippen LogP contribution in [0.25, 0.3) is 11.5 Å². The van der Waals surface area contributed by atoms with E-state index in [1.54, 1.807) is 24.5 Å². The average molecular weight is 366 g/mol. The van der Waals surface area contributed by atoms with Crippen LogP contribution in [0.5, 0.6) is 0 Å². The van der Waals surface area contributed by atoms with Gasteiger partial charge in [-0.25, -0.2) is 15.0 Å². The average Bonchev–Trinajstić information content (AvgIpc) is 3.17. The van der Waals surface area contributed by atoms with E-state index in [4.69, 9.17) is 4.99 Å². The molecule has 0 radical (unpaired) electrons. The van der Waals surface area contributed by atoms with Crippen molar-refractivity contribution in [2.24, 2.45) is 4.99 Å². The molecule has 0 aromatic carbocycles. The van der Waals surface area contributed by atoms with E-state index in [0.29, 0.717) is 24.6 Å². The first-order valence-corrected chi connectivity index (χ1v) is 9.15. The zero-order chi connectivity index (χ0) is 19.2. The van der Waals surface area contributed by atoms with Crippen molar-refractivity contribution < 1.29 is 4.39 Å². The first-order valence-electron chi connectivity index (χ1n) is 9.15. The van der Waals surface area contributed by atoms with Gasteiger partial charge >= 0.3 is 0 Å². The molecule has 7 heteroatoms. The van der Waals surface area contributed by atoms with Crippen molar-refractivity contribution in [1.29, 1.82) is 0 Å². The third-order valence-corrected chi connectivity index (χ3v) is 4.11. The van der Waals surface area contributed by atoms with Gasteiger partial charge in [-0.05, 0) is 31.2 Å². The van der Waals surface area contributed by atoms with Crippen LogP contribution in [-0.2, 0) is 6.54 Å². The van der Waals surface area contributed by atoms with E-state index in [1.165, 1.54) is 6.07 Å². The van der Waals surface area contributed by atoms with Gasteiger partial charge in [0.1, 0.15) is 11.4 Å². The zero-order valence-electron chi connectivity index (χ0n) is 15.8. The number of hydrogen-bond donors (Lipinski definition) is 0. The Morgan fingerprint density at radius 3 is 2.70 bits per heavy atom. The van der Waals surface area contributed by atoms with Gasteiger partial charge in [0.25, 0.3) is 0 Å². The number of aliphatic imine (C=N–C) groups is 1. The minimum atomic E-state index is -0.515. The first-order chi connectivity index (χ1) is 13.2. The van der Waals surface area contributed by atoms with Crippen LogP contribution < -0.4 is 4.90 Å². The summed E-state index contributed by atoms with van der Waals surface area (Å²) in [6.07, 6.45) is 5.34. The Bertz CT molecular complexity index is 933. The number of rotatable bonds is 4. The molecule has 0 saturated heterocycles. The molecule has 0 spiro atoms. The SMILES string of the molecule is CC.CCN1CC(Cn2ccnc2-c2cccc(F)n2)=Nc2cccnc21. The van der Waals surface area contributed by atoms with Crippen LogP contribution in [0.15, 0.2) is 53.9 Å². The number of fused-ring (bicyclic) bond motifs is 1. The summed E-state index contributed by atoms with van der Waals surface area (Å²) in [5.41, 5.74) is 2.38. The summed E-state index contributed by atoms with van der Waals surface area (Å²) in [5.74, 6) is 1.02. The number of nitrogens with zero attached hydrogens (tertiary/aromatic N) is 6. The predicted octanol–water partition coefficient (Wildman–Crippen LogP) is 4.12. The fourth-order valence-electron chi connectivity index (χ4n) is 2.97. The van der Waals surface area contributed by atoms with Gasteiger partial charge in [0, 0.05) is 25.1 Å². The lowest BCUT2D eigenvalue weighted by atomic mass is 10.2. The van der Waals surface area contributed by atoms with Gasteiger partial charge in [-0.1, -0.05) is 19.9 Å². The molecule has 0 saturated carbocycles. The highest BCUT2D eigenvalue weighted by molar-refractivity contribution is 5.95. The predicted molar refractivity (Wildman–Crippen MR) is 106 cm³/mol. The van der Waals surface area contributed by atoms with Crippen LogP contribution >= 0.6 is 0 Å². The Morgan fingerprint density at radius 1 is 1.07 bits per heavy atom. The number of halogens is 1. The summed E-state index contributed by atoms with van der Waals surface area (Å²) in [6, 6.07) is 8.56. The van der Waals surface area contributed by atoms with Crippen molar-refractivity contribution in [2.75, 3.05) is 18.0 Å². The van der Waals surface area contributed by atoms with Crippen molar-refractivity contribution in [1.82, 2.24) is 19.5 Å². The molecule has 0 atom stereocenters. The second-order valence-corrected chi connectivity index (χ2v) is 5.76. The third kappa shape index (κ3) is 4.02. The molecule has 0 bridgehead atoms. The van der Waals surface area contributed by atoms with Gasteiger partial charge in [0.2, 0.25) is 5.95 Å². The molecule has 0 unspecified atom stereocenters. The van der Waals surface area contributed by atoms with E-state index < -0.39 is 5.95 Å². The molecule has 4 heterocycles. The number of aromatic nitrogens is 4. The molecule has 6 nitrogen and oxygen atoms in total. The van der Waals surface area contributed by atoms with Crippen molar-refractivity contribution in [3.63, 3.8) is 0 Å². The van der Waals surface area contributed by atoms with Crippen LogP contribution in [0.4, 0.5) is 15.9 Å². The van der Waals surface area contributed by atoms with Crippen LogP contribution in [0.2, 0.25) is 0 Å².